The summed E-state index contributed by atoms with van der Waals surface area (Å²) in [4.78, 5) is 11.5. The summed E-state index contributed by atoms with van der Waals surface area (Å²) in [6.07, 6.45) is 0.997. The van der Waals surface area contributed by atoms with Crippen molar-refractivity contribution in [1.29, 1.82) is 0 Å². The Labute approximate surface area is 154 Å². The Hall–Kier alpha value is -2.64. The van der Waals surface area contributed by atoms with Gasteiger partial charge in [-0.25, -0.2) is 0 Å². The quantitative estimate of drug-likeness (QED) is 0.463. The van der Waals surface area contributed by atoms with Crippen molar-refractivity contribution in [2.24, 2.45) is 0 Å². The average molecular weight is 364 g/mol. The lowest BCUT2D eigenvalue weighted by molar-refractivity contribution is -0.107. The first-order chi connectivity index (χ1) is 12.7. The number of rotatable bonds is 7. The van der Waals surface area contributed by atoms with Gasteiger partial charge in [-0.1, -0.05) is 78.9 Å². The zero-order valence-corrected chi connectivity index (χ0v) is 15.5. The predicted octanol–water partition coefficient (Wildman–Crippen LogP) is 4.34. The highest BCUT2D eigenvalue weighted by Gasteiger charge is 2.38. The molecule has 132 valence electrons. The van der Waals surface area contributed by atoms with Crippen molar-refractivity contribution in [1.82, 2.24) is 0 Å². The van der Waals surface area contributed by atoms with Gasteiger partial charge in [0.25, 0.3) is 0 Å². The number of benzene rings is 3. The summed E-state index contributed by atoms with van der Waals surface area (Å²) < 4.78 is 20.1. The summed E-state index contributed by atoms with van der Waals surface area (Å²) in [6, 6.07) is 26.3. The molecule has 0 aliphatic rings. The maximum absolute atomic E-state index is 14.6. The summed E-state index contributed by atoms with van der Waals surface area (Å²) in [5, 5.41) is 1.48. The number of hydrogen-bond donors (Lipinski definition) is 0. The molecular weight excluding hydrogens is 343 g/mol. The molecule has 0 fully saturated rings. The van der Waals surface area contributed by atoms with E-state index in [4.69, 9.17) is 4.74 Å². The first kappa shape index (κ1) is 18.2. The molecule has 0 radical (unpaired) electrons. The maximum atomic E-state index is 14.6. The van der Waals surface area contributed by atoms with E-state index in [1.807, 2.05) is 84.9 Å². The molecule has 0 bridgehead atoms. The van der Waals surface area contributed by atoms with Crippen molar-refractivity contribution in [3.63, 3.8) is 0 Å². The molecule has 3 aromatic carbocycles. The van der Waals surface area contributed by atoms with Crippen molar-refractivity contribution in [2.45, 2.75) is 12.1 Å². The van der Waals surface area contributed by atoms with Crippen LogP contribution in [0, 0.1) is 0 Å². The van der Waals surface area contributed by atoms with E-state index in [1.165, 1.54) is 0 Å². The van der Waals surface area contributed by atoms with Crippen LogP contribution >= 0.6 is 7.14 Å². The van der Waals surface area contributed by atoms with Crippen LogP contribution in [-0.4, -0.2) is 13.4 Å². The van der Waals surface area contributed by atoms with Gasteiger partial charge in [0, 0.05) is 22.6 Å². The second-order valence-electron chi connectivity index (χ2n) is 5.99. The van der Waals surface area contributed by atoms with E-state index in [0.29, 0.717) is 5.75 Å². The van der Waals surface area contributed by atoms with Crippen molar-refractivity contribution in [2.75, 3.05) is 7.11 Å². The lowest BCUT2D eigenvalue weighted by Crippen LogP contribution is -2.22. The predicted molar refractivity (Wildman–Crippen MR) is 106 cm³/mol. The van der Waals surface area contributed by atoms with Crippen LogP contribution in [0.5, 0.6) is 5.75 Å². The first-order valence-electron chi connectivity index (χ1n) is 8.49. The summed E-state index contributed by atoms with van der Waals surface area (Å²) in [7, 11) is -1.53. The molecule has 3 aromatic rings. The van der Waals surface area contributed by atoms with E-state index in [1.54, 1.807) is 7.11 Å². The fourth-order valence-electron chi connectivity index (χ4n) is 3.31. The normalized spacial score (nSPS) is 12.3. The van der Waals surface area contributed by atoms with E-state index < -0.39 is 12.8 Å². The van der Waals surface area contributed by atoms with Crippen molar-refractivity contribution < 1.29 is 14.1 Å². The smallest absolute Gasteiger partial charge is 0.150 e. The van der Waals surface area contributed by atoms with E-state index in [9.17, 15) is 9.36 Å². The highest BCUT2D eigenvalue weighted by Crippen LogP contribution is 2.59. The number of ether oxygens (including phenoxy) is 1. The summed E-state index contributed by atoms with van der Waals surface area (Å²) >= 11 is 0. The van der Waals surface area contributed by atoms with Gasteiger partial charge in [0.05, 0.1) is 12.8 Å². The standard InChI is InChI=1S/C22H21O3P/c1-25-21-15-9-8-14-20(21)22(16-17-23)26(24,18-10-4-2-5-11-18)19-12-6-3-7-13-19/h2-15,17,22H,16H2,1H3. The molecule has 26 heavy (non-hydrogen) atoms. The third kappa shape index (κ3) is 3.36. The van der Waals surface area contributed by atoms with E-state index in [0.717, 1.165) is 22.5 Å². The minimum Gasteiger partial charge on any atom is -0.496 e. The SMILES string of the molecule is COc1ccccc1C(CC=O)P(=O)(c1ccccc1)c1ccccc1. The Balaban J connectivity index is 2.28. The molecule has 1 unspecified atom stereocenters. The van der Waals surface area contributed by atoms with E-state index in [-0.39, 0.29) is 6.42 Å². The van der Waals surface area contributed by atoms with E-state index >= 15 is 0 Å². The first-order valence-corrected chi connectivity index (χ1v) is 10.3. The Morgan fingerprint density at radius 2 is 1.35 bits per heavy atom. The van der Waals surface area contributed by atoms with Crippen molar-refractivity contribution in [3.8, 4) is 5.75 Å². The molecule has 0 spiro atoms. The second-order valence-corrected chi connectivity index (χ2v) is 8.96. The molecule has 0 heterocycles. The van der Waals surface area contributed by atoms with Gasteiger partial charge in [0.15, 0.2) is 7.14 Å². The van der Waals surface area contributed by atoms with Gasteiger partial charge >= 0.3 is 0 Å². The summed E-state index contributed by atoms with van der Waals surface area (Å²) in [6.45, 7) is 0. The molecule has 0 amide bonds. The zero-order chi connectivity index (χ0) is 18.4. The molecule has 0 saturated carbocycles. The molecule has 0 aliphatic heterocycles. The van der Waals surface area contributed by atoms with Gasteiger partial charge in [0.1, 0.15) is 12.0 Å². The Kier molecular flexibility index (Phi) is 5.70. The highest BCUT2D eigenvalue weighted by molar-refractivity contribution is 7.79. The van der Waals surface area contributed by atoms with Crippen LogP contribution in [0.25, 0.3) is 0 Å². The molecular formula is C22H21O3P. The van der Waals surface area contributed by atoms with Gasteiger partial charge in [-0.05, 0) is 6.07 Å². The fourth-order valence-corrected chi connectivity index (χ4v) is 6.55. The molecule has 0 aromatic heterocycles. The fraction of sp³-hybridized carbons (Fsp3) is 0.136. The van der Waals surface area contributed by atoms with Crippen molar-refractivity contribution in [3.05, 3.63) is 90.5 Å². The maximum Gasteiger partial charge on any atom is 0.150 e. The van der Waals surface area contributed by atoms with Gasteiger partial charge in [-0.15, -0.1) is 0 Å². The minimum atomic E-state index is -3.12. The monoisotopic (exact) mass is 364 g/mol. The summed E-state index contributed by atoms with van der Waals surface area (Å²) in [5.41, 5.74) is 0.305. The van der Waals surface area contributed by atoms with Crippen LogP contribution in [0.2, 0.25) is 0 Å². The van der Waals surface area contributed by atoms with Gasteiger partial charge in [0.2, 0.25) is 0 Å². The van der Waals surface area contributed by atoms with Crippen LogP contribution in [0.3, 0.4) is 0 Å². The average Bonchev–Trinajstić information content (AvgIpc) is 2.73. The molecule has 3 rings (SSSR count). The van der Waals surface area contributed by atoms with Gasteiger partial charge < -0.3 is 14.1 Å². The van der Waals surface area contributed by atoms with Crippen LogP contribution in [0.4, 0.5) is 0 Å². The Bertz CT molecular complexity index is 863. The molecule has 3 nitrogen and oxygen atoms in total. The molecule has 0 N–H and O–H groups in total. The number of methoxy groups -OCH3 is 1. The molecule has 4 heteroatoms. The van der Waals surface area contributed by atoms with Gasteiger partial charge in [-0.3, -0.25) is 0 Å². The van der Waals surface area contributed by atoms with Crippen molar-refractivity contribution >= 4 is 24.0 Å². The summed E-state index contributed by atoms with van der Waals surface area (Å²) in [5.74, 6) is 0.645. The van der Waals surface area contributed by atoms with Crippen LogP contribution in [0.15, 0.2) is 84.9 Å². The van der Waals surface area contributed by atoms with E-state index in [2.05, 4.69) is 0 Å². The second kappa shape index (κ2) is 8.16. The number of carbonyl (C=O) groups is 1. The Morgan fingerprint density at radius 1 is 0.846 bits per heavy atom. The minimum absolute atomic E-state index is 0.154. The largest absolute Gasteiger partial charge is 0.496 e. The molecule has 0 saturated heterocycles. The third-order valence-corrected chi connectivity index (χ3v) is 8.03. The lowest BCUT2D eigenvalue weighted by Gasteiger charge is -2.29. The number of carbonyl (C=O) groups excluding carboxylic acids is 1. The lowest BCUT2D eigenvalue weighted by atomic mass is 10.1. The zero-order valence-electron chi connectivity index (χ0n) is 14.6. The van der Waals surface area contributed by atoms with Gasteiger partial charge in [-0.2, -0.15) is 0 Å². The molecule has 1 atom stereocenters. The van der Waals surface area contributed by atoms with Crippen LogP contribution in [0.1, 0.15) is 17.6 Å². The Morgan fingerprint density at radius 3 is 1.85 bits per heavy atom. The van der Waals surface area contributed by atoms with Crippen LogP contribution < -0.4 is 15.3 Å². The topological polar surface area (TPSA) is 43.4 Å². The van der Waals surface area contributed by atoms with Crippen LogP contribution in [-0.2, 0) is 9.36 Å². The third-order valence-electron chi connectivity index (χ3n) is 4.54. The molecule has 0 aliphatic carbocycles. The number of hydrogen-bond acceptors (Lipinski definition) is 3. The number of para-hydroxylation sites is 1. The number of aldehydes is 1. The highest BCUT2D eigenvalue weighted by atomic mass is 31.2.